The number of carbonyl (C=O) groups excluding carboxylic acids is 1. The van der Waals surface area contributed by atoms with Crippen LogP contribution in [-0.2, 0) is 9.53 Å². The van der Waals surface area contributed by atoms with E-state index >= 15 is 0 Å². The number of hydrogen-bond donors (Lipinski definition) is 4. The Hall–Kier alpha value is -1.79. The molecule has 6 heteroatoms. The van der Waals surface area contributed by atoms with E-state index in [2.05, 4.69) is 4.74 Å². The molecule has 0 spiro atoms. The highest BCUT2D eigenvalue weighted by atomic mass is 16.5. The van der Waals surface area contributed by atoms with E-state index < -0.39 is 23.9 Å². The van der Waals surface area contributed by atoms with Gasteiger partial charge in [-0.3, -0.25) is 4.79 Å². The van der Waals surface area contributed by atoms with Crippen LogP contribution in [0.3, 0.4) is 0 Å². The maximum Gasteiger partial charge on any atom is 0.325 e. The average Bonchev–Trinajstić information content (AvgIpc) is 2.31. The van der Waals surface area contributed by atoms with E-state index in [0.717, 1.165) is 6.07 Å². The Morgan fingerprint density at radius 2 is 2.06 bits per heavy atom. The fourth-order valence-corrected chi connectivity index (χ4v) is 1.30. The summed E-state index contributed by atoms with van der Waals surface area (Å²) in [4.78, 5) is 11.3. The maximum absolute atomic E-state index is 11.3. The summed E-state index contributed by atoms with van der Waals surface area (Å²) in [6.07, 6.45) is -1.31. The molecule has 0 fully saturated rings. The molecule has 1 aromatic rings. The minimum Gasteiger partial charge on any atom is -0.504 e. The number of benzene rings is 1. The van der Waals surface area contributed by atoms with Crippen LogP contribution in [0, 0.1) is 0 Å². The number of carbonyl (C=O) groups is 1. The molecule has 0 aliphatic carbocycles. The third-order valence-electron chi connectivity index (χ3n) is 2.24. The molecule has 5 N–H and O–H groups in total. The van der Waals surface area contributed by atoms with E-state index in [1.807, 2.05) is 0 Å². The first kappa shape index (κ1) is 13.3. The molecule has 0 heterocycles. The van der Waals surface area contributed by atoms with E-state index in [0.29, 0.717) is 0 Å². The number of nitrogens with two attached hydrogens (primary N) is 1. The van der Waals surface area contributed by atoms with Gasteiger partial charge in [-0.05, 0) is 24.6 Å². The predicted octanol–water partition coefficient (Wildman–Crippen LogP) is 0.0216. The first-order valence-electron chi connectivity index (χ1n) is 5.09. The largest absolute Gasteiger partial charge is 0.504 e. The lowest BCUT2D eigenvalue weighted by Gasteiger charge is -2.17. The molecule has 0 aliphatic heterocycles. The van der Waals surface area contributed by atoms with Crippen molar-refractivity contribution < 1.29 is 24.9 Å². The summed E-state index contributed by atoms with van der Waals surface area (Å²) in [5.74, 6) is -1.43. The van der Waals surface area contributed by atoms with Crippen LogP contribution in [0.1, 0.15) is 18.6 Å². The van der Waals surface area contributed by atoms with Crippen LogP contribution in [0.5, 0.6) is 11.5 Å². The summed E-state index contributed by atoms with van der Waals surface area (Å²) >= 11 is 0. The predicted molar refractivity (Wildman–Crippen MR) is 59.3 cm³/mol. The van der Waals surface area contributed by atoms with Crippen LogP contribution in [0.2, 0.25) is 0 Å². The highest BCUT2D eigenvalue weighted by molar-refractivity contribution is 5.76. The van der Waals surface area contributed by atoms with Gasteiger partial charge in [0.25, 0.3) is 0 Å². The molecule has 0 bridgehead atoms. The minimum atomic E-state index is -1.31. The number of rotatable bonds is 4. The lowest BCUT2D eigenvalue weighted by atomic mass is 10.0. The lowest BCUT2D eigenvalue weighted by Crippen LogP contribution is -2.38. The van der Waals surface area contributed by atoms with Crippen molar-refractivity contribution in [3.05, 3.63) is 23.8 Å². The monoisotopic (exact) mass is 241 g/mol. The van der Waals surface area contributed by atoms with Crippen molar-refractivity contribution in [3.8, 4) is 11.5 Å². The SMILES string of the molecule is CCOC(=O)[C@@H](N)[C@@H](O)c1ccc(O)c(O)c1. The molecule has 17 heavy (non-hydrogen) atoms. The van der Waals surface area contributed by atoms with Crippen molar-refractivity contribution in [2.24, 2.45) is 5.73 Å². The molecule has 1 rings (SSSR count). The zero-order valence-electron chi connectivity index (χ0n) is 9.33. The van der Waals surface area contributed by atoms with E-state index in [9.17, 15) is 15.0 Å². The van der Waals surface area contributed by atoms with Crippen LogP contribution < -0.4 is 5.73 Å². The van der Waals surface area contributed by atoms with Crippen molar-refractivity contribution in [1.82, 2.24) is 0 Å². The second-order valence-corrected chi connectivity index (χ2v) is 3.47. The Labute approximate surface area is 98.3 Å². The summed E-state index contributed by atoms with van der Waals surface area (Å²) in [5.41, 5.74) is 5.72. The summed E-state index contributed by atoms with van der Waals surface area (Å²) in [6.45, 7) is 1.80. The minimum absolute atomic E-state index is 0.167. The second kappa shape index (κ2) is 5.51. The smallest absolute Gasteiger partial charge is 0.325 e. The van der Waals surface area contributed by atoms with Crippen LogP contribution in [-0.4, -0.2) is 33.9 Å². The molecule has 0 unspecified atom stereocenters. The summed E-state index contributed by atoms with van der Waals surface area (Å²) in [6, 6.07) is 2.46. The van der Waals surface area contributed by atoms with Crippen LogP contribution in [0.25, 0.3) is 0 Å². The molecule has 0 aliphatic rings. The molecule has 1 aromatic carbocycles. The molecule has 0 amide bonds. The zero-order chi connectivity index (χ0) is 13.0. The first-order valence-corrected chi connectivity index (χ1v) is 5.09. The third kappa shape index (κ3) is 3.08. The fourth-order valence-electron chi connectivity index (χ4n) is 1.30. The molecule has 0 radical (unpaired) electrons. The van der Waals surface area contributed by atoms with Gasteiger partial charge < -0.3 is 25.8 Å². The number of ether oxygens (including phenoxy) is 1. The molecule has 6 nitrogen and oxygen atoms in total. The van der Waals surface area contributed by atoms with Gasteiger partial charge >= 0.3 is 5.97 Å². The van der Waals surface area contributed by atoms with E-state index in [4.69, 9.17) is 10.8 Å². The Morgan fingerprint density at radius 1 is 1.41 bits per heavy atom. The van der Waals surface area contributed by atoms with Crippen LogP contribution >= 0.6 is 0 Å². The highest BCUT2D eigenvalue weighted by Gasteiger charge is 2.25. The van der Waals surface area contributed by atoms with E-state index in [1.165, 1.54) is 12.1 Å². The summed E-state index contributed by atoms with van der Waals surface area (Å²) < 4.78 is 4.66. The van der Waals surface area contributed by atoms with Gasteiger partial charge in [0, 0.05) is 0 Å². The maximum atomic E-state index is 11.3. The average molecular weight is 241 g/mol. The van der Waals surface area contributed by atoms with E-state index in [1.54, 1.807) is 6.92 Å². The van der Waals surface area contributed by atoms with Gasteiger partial charge in [-0.15, -0.1) is 0 Å². The van der Waals surface area contributed by atoms with Crippen molar-refractivity contribution >= 4 is 5.97 Å². The standard InChI is InChI=1S/C11H15NO5/c1-2-17-11(16)9(12)10(15)6-3-4-7(13)8(14)5-6/h3-5,9-10,13-15H,2,12H2,1H3/t9-,10-/m0/s1. The van der Waals surface area contributed by atoms with Gasteiger partial charge in [-0.1, -0.05) is 6.07 Å². The quantitative estimate of drug-likeness (QED) is 0.436. The molecular formula is C11H15NO5. The number of aliphatic hydroxyl groups excluding tert-OH is 1. The number of aliphatic hydroxyl groups is 1. The number of hydrogen-bond acceptors (Lipinski definition) is 6. The van der Waals surface area contributed by atoms with Crippen molar-refractivity contribution in [1.29, 1.82) is 0 Å². The second-order valence-electron chi connectivity index (χ2n) is 3.47. The number of esters is 1. The molecule has 0 aromatic heterocycles. The highest BCUT2D eigenvalue weighted by Crippen LogP contribution is 2.28. The summed E-state index contributed by atoms with van der Waals surface area (Å²) in [7, 11) is 0. The van der Waals surface area contributed by atoms with Crippen molar-refractivity contribution in [2.45, 2.75) is 19.1 Å². The van der Waals surface area contributed by atoms with Gasteiger partial charge in [0.05, 0.1) is 6.61 Å². The lowest BCUT2D eigenvalue weighted by molar-refractivity contribution is -0.147. The van der Waals surface area contributed by atoms with Gasteiger partial charge in [0.1, 0.15) is 12.1 Å². The van der Waals surface area contributed by atoms with Gasteiger partial charge in [-0.2, -0.15) is 0 Å². The molecule has 0 saturated carbocycles. The third-order valence-corrected chi connectivity index (χ3v) is 2.24. The van der Waals surface area contributed by atoms with Crippen LogP contribution in [0.4, 0.5) is 0 Å². The number of phenolic OH excluding ortho intramolecular Hbond substituents is 2. The normalized spacial score (nSPS) is 14.1. The molecule has 94 valence electrons. The van der Waals surface area contributed by atoms with E-state index in [-0.39, 0.29) is 17.9 Å². The number of phenols is 2. The van der Waals surface area contributed by atoms with Crippen molar-refractivity contribution in [2.75, 3.05) is 6.61 Å². The fraction of sp³-hybridized carbons (Fsp3) is 0.364. The molecule has 0 saturated heterocycles. The molecular weight excluding hydrogens is 226 g/mol. The Morgan fingerprint density at radius 3 is 2.59 bits per heavy atom. The van der Waals surface area contributed by atoms with Gasteiger partial charge in [0.15, 0.2) is 11.5 Å². The zero-order valence-corrected chi connectivity index (χ0v) is 9.33. The summed E-state index contributed by atoms with van der Waals surface area (Å²) in [5, 5.41) is 28.1. The Balaban J connectivity index is 2.84. The first-order chi connectivity index (χ1) is 7.97. The van der Waals surface area contributed by atoms with Crippen molar-refractivity contribution in [3.63, 3.8) is 0 Å². The van der Waals surface area contributed by atoms with Gasteiger partial charge in [0.2, 0.25) is 0 Å². The molecule has 2 atom stereocenters. The van der Waals surface area contributed by atoms with Gasteiger partial charge in [-0.25, -0.2) is 0 Å². The topological polar surface area (TPSA) is 113 Å². The van der Waals surface area contributed by atoms with Crippen LogP contribution in [0.15, 0.2) is 18.2 Å². The number of aromatic hydroxyl groups is 2. The Bertz CT molecular complexity index is 407. The Kier molecular flexibility index (Phi) is 4.30.